The van der Waals surface area contributed by atoms with Crippen LogP contribution in [0.2, 0.25) is 4.34 Å². The van der Waals surface area contributed by atoms with Gasteiger partial charge in [0.25, 0.3) is 5.91 Å². The Morgan fingerprint density at radius 1 is 1.39 bits per heavy atom. The fourth-order valence-corrected chi connectivity index (χ4v) is 2.60. The van der Waals surface area contributed by atoms with Gasteiger partial charge in [0.2, 0.25) is 0 Å². The second-order valence-corrected chi connectivity index (χ2v) is 5.78. The predicted octanol–water partition coefficient (Wildman–Crippen LogP) is 3.22. The second-order valence-electron chi connectivity index (χ2n) is 3.98. The molecule has 0 aliphatic carbocycles. The van der Waals surface area contributed by atoms with Crippen molar-refractivity contribution in [2.75, 3.05) is 5.73 Å². The topological polar surface area (TPSA) is 55.1 Å². The number of nitrogens with two attached hydrogens (primary N) is 1. The molecule has 0 saturated carbocycles. The largest absolute Gasteiger partial charge is 0.398 e. The van der Waals surface area contributed by atoms with E-state index in [9.17, 15) is 4.79 Å². The van der Waals surface area contributed by atoms with Crippen molar-refractivity contribution in [3.63, 3.8) is 0 Å². The number of nitrogens with one attached hydrogen (secondary N) is 1. The summed E-state index contributed by atoms with van der Waals surface area (Å²) in [5, 5.41) is 2.83. The molecule has 0 unspecified atom stereocenters. The first-order valence-corrected chi connectivity index (χ1v) is 6.64. The molecule has 2 rings (SSSR count). The molecule has 1 amide bonds. The van der Waals surface area contributed by atoms with Gasteiger partial charge in [0.05, 0.1) is 16.4 Å². The minimum Gasteiger partial charge on any atom is -0.398 e. The minimum absolute atomic E-state index is 0.166. The lowest BCUT2D eigenvalue weighted by Crippen LogP contribution is -2.23. The highest BCUT2D eigenvalue weighted by atomic mass is 35.5. The van der Waals surface area contributed by atoms with E-state index < -0.39 is 0 Å². The second kappa shape index (κ2) is 5.42. The third kappa shape index (κ3) is 3.03. The van der Waals surface area contributed by atoms with E-state index in [0.717, 1.165) is 10.4 Å². The number of hydrogen-bond donors (Lipinski definition) is 2. The Bertz CT molecular complexity index is 580. The molecular formula is C13H13ClN2OS. The molecule has 0 atom stereocenters. The zero-order valence-corrected chi connectivity index (χ0v) is 11.4. The number of anilines is 1. The molecule has 1 aromatic heterocycles. The van der Waals surface area contributed by atoms with Gasteiger partial charge in [-0.2, -0.15) is 0 Å². The van der Waals surface area contributed by atoms with Gasteiger partial charge in [-0.3, -0.25) is 4.79 Å². The van der Waals surface area contributed by atoms with Crippen molar-refractivity contribution in [1.29, 1.82) is 0 Å². The van der Waals surface area contributed by atoms with Crippen LogP contribution in [0.25, 0.3) is 0 Å². The van der Waals surface area contributed by atoms with Gasteiger partial charge in [0.1, 0.15) is 0 Å². The summed E-state index contributed by atoms with van der Waals surface area (Å²) in [7, 11) is 0. The van der Waals surface area contributed by atoms with Gasteiger partial charge in [-0.1, -0.05) is 23.2 Å². The maximum absolute atomic E-state index is 12.0. The molecule has 0 aliphatic heterocycles. The maximum atomic E-state index is 12.0. The van der Waals surface area contributed by atoms with E-state index in [1.165, 1.54) is 11.3 Å². The molecule has 0 fully saturated rings. The van der Waals surface area contributed by atoms with Crippen LogP contribution in [0, 0.1) is 6.92 Å². The molecule has 0 aliphatic rings. The van der Waals surface area contributed by atoms with Crippen LogP contribution < -0.4 is 11.1 Å². The summed E-state index contributed by atoms with van der Waals surface area (Å²) in [6.45, 7) is 2.39. The number of aryl methyl sites for hydroxylation is 1. The average Bonchev–Trinajstić information content (AvgIpc) is 2.75. The molecule has 1 aromatic carbocycles. The van der Waals surface area contributed by atoms with E-state index in [-0.39, 0.29) is 5.91 Å². The van der Waals surface area contributed by atoms with Crippen molar-refractivity contribution in [3.8, 4) is 0 Å². The van der Waals surface area contributed by atoms with E-state index in [4.69, 9.17) is 17.3 Å². The van der Waals surface area contributed by atoms with Crippen molar-refractivity contribution in [1.82, 2.24) is 5.32 Å². The number of rotatable bonds is 3. The Morgan fingerprint density at radius 3 is 2.83 bits per heavy atom. The summed E-state index contributed by atoms with van der Waals surface area (Å²) in [6.07, 6.45) is 0. The van der Waals surface area contributed by atoms with E-state index >= 15 is 0 Å². The Kier molecular flexibility index (Phi) is 3.89. The lowest BCUT2D eigenvalue weighted by molar-refractivity contribution is 0.0952. The Morgan fingerprint density at radius 2 is 2.17 bits per heavy atom. The van der Waals surface area contributed by atoms with Crippen LogP contribution in [-0.2, 0) is 6.54 Å². The van der Waals surface area contributed by atoms with Crippen molar-refractivity contribution in [2.45, 2.75) is 13.5 Å². The fraction of sp³-hybridized carbons (Fsp3) is 0.154. The van der Waals surface area contributed by atoms with E-state index in [1.54, 1.807) is 12.1 Å². The van der Waals surface area contributed by atoms with Crippen LogP contribution >= 0.6 is 22.9 Å². The van der Waals surface area contributed by atoms with Gasteiger partial charge < -0.3 is 11.1 Å². The van der Waals surface area contributed by atoms with Gasteiger partial charge in [-0.25, -0.2) is 0 Å². The SMILES string of the molecule is Cc1ccc(N)c(C(=O)NCc2ccc(Cl)s2)c1. The van der Waals surface area contributed by atoms with Crippen LogP contribution in [0.5, 0.6) is 0 Å². The monoisotopic (exact) mass is 280 g/mol. The number of amides is 1. The third-order valence-electron chi connectivity index (χ3n) is 2.51. The van der Waals surface area contributed by atoms with Crippen LogP contribution in [-0.4, -0.2) is 5.91 Å². The number of nitrogen functional groups attached to an aromatic ring is 1. The van der Waals surface area contributed by atoms with E-state index in [0.29, 0.717) is 22.1 Å². The summed E-state index contributed by atoms with van der Waals surface area (Å²) >= 11 is 7.28. The molecule has 94 valence electrons. The van der Waals surface area contributed by atoms with Gasteiger partial charge in [0.15, 0.2) is 0 Å². The molecule has 0 saturated heterocycles. The van der Waals surface area contributed by atoms with Crippen LogP contribution in [0.3, 0.4) is 0 Å². The minimum atomic E-state index is -0.166. The summed E-state index contributed by atoms with van der Waals surface area (Å²) in [5.74, 6) is -0.166. The van der Waals surface area contributed by atoms with Crippen molar-refractivity contribution < 1.29 is 4.79 Å². The summed E-state index contributed by atoms with van der Waals surface area (Å²) in [6, 6.07) is 9.12. The fourth-order valence-electron chi connectivity index (χ4n) is 1.58. The Balaban J connectivity index is 2.05. The number of benzene rings is 1. The molecule has 18 heavy (non-hydrogen) atoms. The zero-order valence-electron chi connectivity index (χ0n) is 9.87. The van der Waals surface area contributed by atoms with Gasteiger partial charge in [-0.15, -0.1) is 11.3 Å². The zero-order chi connectivity index (χ0) is 13.1. The Labute approximate surface area is 115 Å². The van der Waals surface area contributed by atoms with Crippen molar-refractivity contribution in [2.24, 2.45) is 0 Å². The highest BCUT2D eigenvalue weighted by Crippen LogP contribution is 2.21. The number of halogens is 1. The predicted molar refractivity (Wildman–Crippen MR) is 76.1 cm³/mol. The summed E-state index contributed by atoms with van der Waals surface area (Å²) in [5.41, 5.74) is 7.79. The standard InChI is InChI=1S/C13H13ClN2OS/c1-8-2-4-11(15)10(6-8)13(17)16-7-9-3-5-12(14)18-9/h2-6H,7,15H2,1H3,(H,16,17). The lowest BCUT2D eigenvalue weighted by atomic mass is 10.1. The number of carbonyl (C=O) groups is 1. The van der Waals surface area contributed by atoms with Crippen molar-refractivity contribution >= 4 is 34.5 Å². The molecule has 3 N–H and O–H groups in total. The molecule has 3 nitrogen and oxygen atoms in total. The normalized spacial score (nSPS) is 10.3. The summed E-state index contributed by atoms with van der Waals surface area (Å²) in [4.78, 5) is 13.0. The van der Waals surface area contributed by atoms with Gasteiger partial charge in [-0.05, 0) is 31.2 Å². The number of thiophene rings is 1. The molecule has 5 heteroatoms. The smallest absolute Gasteiger partial charge is 0.253 e. The lowest BCUT2D eigenvalue weighted by Gasteiger charge is -2.07. The van der Waals surface area contributed by atoms with Crippen LogP contribution in [0.1, 0.15) is 20.8 Å². The molecule has 1 heterocycles. The van der Waals surface area contributed by atoms with Crippen LogP contribution in [0.15, 0.2) is 30.3 Å². The highest BCUT2D eigenvalue weighted by Gasteiger charge is 2.09. The first kappa shape index (κ1) is 12.9. The van der Waals surface area contributed by atoms with Gasteiger partial charge in [0, 0.05) is 10.6 Å². The molecular weight excluding hydrogens is 268 g/mol. The summed E-state index contributed by atoms with van der Waals surface area (Å²) < 4.78 is 0.717. The first-order chi connectivity index (χ1) is 8.56. The molecule has 2 aromatic rings. The van der Waals surface area contributed by atoms with Crippen LogP contribution in [0.4, 0.5) is 5.69 Å². The van der Waals surface area contributed by atoms with Crippen molar-refractivity contribution in [3.05, 3.63) is 50.7 Å². The third-order valence-corrected chi connectivity index (χ3v) is 3.74. The Hall–Kier alpha value is -1.52. The maximum Gasteiger partial charge on any atom is 0.253 e. The van der Waals surface area contributed by atoms with Gasteiger partial charge >= 0.3 is 0 Å². The number of carbonyl (C=O) groups excluding carboxylic acids is 1. The molecule has 0 bridgehead atoms. The average molecular weight is 281 g/mol. The number of hydrogen-bond acceptors (Lipinski definition) is 3. The molecule has 0 radical (unpaired) electrons. The van der Waals surface area contributed by atoms with E-state index in [1.807, 2.05) is 25.1 Å². The van der Waals surface area contributed by atoms with E-state index in [2.05, 4.69) is 5.32 Å². The quantitative estimate of drug-likeness (QED) is 0.848. The molecule has 0 spiro atoms. The highest BCUT2D eigenvalue weighted by molar-refractivity contribution is 7.16. The first-order valence-electron chi connectivity index (χ1n) is 5.45.